The molecular formula is C22H28N2O. The van der Waals surface area contributed by atoms with Crippen molar-refractivity contribution in [3.63, 3.8) is 0 Å². The normalized spacial score (nSPS) is 19.4. The number of benzene rings is 2. The largest absolute Gasteiger partial charge is 0.362 e. The second-order valence-corrected chi connectivity index (χ2v) is 7.13. The molecule has 0 aliphatic carbocycles. The number of hydrogen-bond donors (Lipinski definition) is 1. The minimum Gasteiger partial charge on any atom is -0.362 e. The number of hydrogen-bond acceptors (Lipinski definition) is 2. The van der Waals surface area contributed by atoms with E-state index in [1.165, 1.54) is 19.3 Å². The zero-order chi connectivity index (χ0) is 17.7. The highest BCUT2D eigenvalue weighted by atomic mass is 16.2. The van der Waals surface area contributed by atoms with Crippen LogP contribution in [0.5, 0.6) is 0 Å². The topological polar surface area (TPSA) is 32.3 Å². The molecule has 25 heavy (non-hydrogen) atoms. The maximum absolute atomic E-state index is 13.2. The highest BCUT2D eigenvalue weighted by Gasteiger charge is 2.40. The maximum Gasteiger partial charge on any atom is 0.258 e. The summed E-state index contributed by atoms with van der Waals surface area (Å²) in [5.41, 5.74) is 2.53. The van der Waals surface area contributed by atoms with Crippen LogP contribution in [0, 0.1) is 0 Å². The first-order valence-corrected chi connectivity index (χ1v) is 9.37. The Labute approximate surface area is 151 Å². The molecule has 1 heterocycles. The number of fused-ring (bicyclic) bond motifs is 1. The summed E-state index contributed by atoms with van der Waals surface area (Å²) in [4.78, 5) is 15.2. The molecule has 2 aromatic carbocycles. The number of nitrogens with one attached hydrogen (secondary N) is 1. The molecule has 0 saturated heterocycles. The minimum atomic E-state index is -0.352. The van der Waals surface area contributed by atoms with Crippen LogP contribution in [-0.4, -0.2) is 16.5 Å². The maximum atomic E-state index is 13.2. The molecule has 1 unspecified atom stereocenters. The van der Waals surface area contributed by atoms with E-state index in [1.807, 2.05) is 47.4 Å². The fourth-order valence-corrected chi connectivity index (χ4v) is 3.61. The first-order chi connectivity index (χ1) is 12.1. The van der Waals surface area contributed by atoms with Crippen molar-refractivity contribution in [2.75, 3.05) is 5.32 Å². The third-order valence-corrected chi connectivity index (χ3v) is 5.10. The zero-order valence-corrected chi connectivity index (χ0v) is 15.3. The van der Waals surface area contributed by atoms with Crippen LogP contribution in [0.1, 0.15) is 61.9 Å². The molecule has 0 bridgehead atoms. The van der Waals surface area contributed by atoms with Gasteiger partial charge in [-0.25, -0.2) is 0 Å². The molecule has 0 spiro atoms. The van der Waals surface area contributed by atoms with Gasteiger partial charge in [0.2, 0.25) is 0 Å². The van der Waals surface area contributed by atoms with Crippen molar-refractivity contribution in [3.8, 4) is 0 Å². The lowest BCUT2D eigenvalue weighted by Gasteiger charge is -2.46. The van der Waals surface area contributed by atoms with E-state index in [9.17, 15) is 4.79 Å². The van der Waals surface area contributed by atoms with Crippen molar-refractivity contribution in [3.05, 3.63) is 65.7 Å². The van der Waals surface area contributed by atoms with Gasteiger partial charge in [-0.15, -0.1) is 0 Å². The number of carbonyl (C=O) groups is 1. The van der Waals surface area contributed by atoms with Gasteiger partial charge >= 0.3 is 0 Å². The number of anilines is 1. The Morgan fingerprint density at radius 3 is 2.44 bits per heavy atom. The highest BCUT2D eigenvalue weighted by Crippen LogP contribution is 2.35. The van der Waals surface area contributed by atoms with Gasteiger partial charge in [0.25, 0.3) is 5.91 Å². The standard InChI is InChI=1S/C22H28N2O/c1-3-4-5-11-16-22(2)23-20-15-10-9-14-19(20)21(25)24(22)17-18-12-7-6-8-13-18/h6-10,12-15,23H,3-5,11,16-17H2,1-2H3. The number of nitrogens with zero attached hydrogens (tertiary/aromatic N) is 1. The van der Waals surface area contributed by atoms with E-state index in [1.54, 1.807) is 0 Å². The first-order valence-electron chi connectivity index (χ1n) is 9.37. The molecule has 3 nitrogen and oxygen atoms in total. The van der Waals surface area contributed by atoms with Gasteiger partial charge in [-0.1, -0.05) is 68.7 Å². The summed E-state index contributed by atoms with van der Waals surface area (Å²) in [5, 5.41) is 3.66. The molecule has 1 aliphatic heterocycles. The first kappa shape index (κ1) is 17.5. The van der Waals surface area contributed by atoms with Crippen molar-refractivity contribution in [2.45, 2.75) is 58.2 Å². The van der Waals surface area contributed by atoms with E-state index < -0.39 is 0 Å². The lowest BCUT2D eigenvalue weighted by Crippen LogP contribution is -2.57. The monoisotopic (exact) mass is 336 g/mol. The molecular weight excluding hydrogens is 308 g/mol. The second kappa shape index (κ2) is 7.73. The number of carbonyl (C=O) groups excluding carboxylic acids is 1. The van der Waals surface area contributed by atoms with Crippen molar-refractivity contribution < 1.29 is 4.79 Å². The SMILES string of the molecule is CCCCCCC1(C)Nc2ccccc2C(=O)N1Cc1ccccc1. The Morgan fingerprint density at radius 2 is 1.68 bits per heavy atom. The molecule has 1 atom stereocenters. The van der Waals surface area contributed by atoms with Gasteiger partial charge in [0, 0.05) is 12.2 Å². The van der Waals surface area contributed by atoms with Crippen molar-refractivity contribution >= 4 is 11.6 Å². The number of rotatable bonds is 7. The average molecular weight is 336 g/mol. The van der Waals surface area contributed by atoms with Gasteiger partial charge in [0.1, 0.15) is 5.66 Å². The van der Waals surface area contributed by atoms with Crippen LogP contribution in [0.2, 0.25) is 0 Å². The van der Waals surface area contributed by atoms with Crippen LogP contribution < -0.4 is 5.32 Å². The predicted octanol–water partition coefficient (Wildman–Crippen LogP) is 5.44. The van der Waals surface area contributed by atoms with Crippen LogP contribution in [0.25, 0.3) is 0 Å². The molecule has 0 saturated carbocycles. The molecule has 0 aromatic heterocycles. The molecule has 3 rings (SSSR count). The fourth-order valence-electron chi connectivity index (χ4n) is 3.61. The summed E-state index contributed by atoms with van der Waals surface area (Å²) < 4.78 is 0. The fraction of sp³-hybridized carbons (Fsp3) is 0.409. The van der Waals surface area contributed by atoms with Gasteiger partial charge < -0.3 is 10.2 Å². The van der Waals surface area contributed by atoms with Crippen LogP contribution in [0.15, 0.2) is 54.6 Å². The zero-order valence-electron chi connectivity index (χ0n) is 15.3. The summed E-state index contributed by atoms with van der Waals surface area (Å²) in [6.45, 7) is 5.02. The number of unbranched alkanes of at least 4 members (excludes halogenated alkanes) is 3. The quantitative estimate of drug-likeness (QED) is 0.683. The van der Waals surface area contributed by atoms with E-state index in [0.717, 1.165) is 29.7 Å². The van der Waals surface area contributed by atoms with Crippen LogP contribution >= 0.6 is 0 Å². The molecule has 3 heteroatoms. The summed E-state index contributed by atoms with van der Waals surface area (Å²) in [6.07, 6.45) is 5.76. The van der Waals surface area contributed by atoms with E-state index in [4.69, 9.17) is 0 Å². The molecule has 2 aromatic rings. The van der Waals surface area contributed by atoms with Gasteiger partial charge in [-0.2, -0.15) is 0 Å². The third-order valence-electron chi connectivity index (χ3n) is 5.10. The van der Waals surface area contributed by atoms with Crippen LogP contribution in [0.3, 0.4) is 0 Å². The van der Waals surface area contributed by atoms with Gasteiger partial charge in [0.05, 0.1) is 5.56 Å². The molecule has 132 valence electrons. The Hall–Kier alpha value is -2.29. The van der Waals surface area contributed by atoms with Crippen molar-refractivity contribution in [1.82, 2.24) is 4.90 Å². The van der Waals surface area contributed by atoms with E-state index in [-0.39, 0.29) is 11.6 Å². The van der Waals surface area contributed by atoms with Crippen molar-refractivity contribution in [1.29, 1.82) is 0 Å². The summed E-state index contributed by atoms with van der Waals surface area (Å²) in [7, 11) is 0. The Bertz CT molecular complexity index is 713. The van der Waals surface area contributed by atoms with Gasteiger partial charge in [-0.05, 0) is 37.5 Å². The van der Waals surface area contributed by atoms with E-state index in [2.05, 4.69) is 31.3 Å². The smallest absolute Gasteiger partial charge is 0.258 e. The number of para-hydroxylation sites is 1. The molecule has 0 radical (unpaired) electrons. The summed E-state index contributed by atoms with van der Waals surface area (Å²) in [6, 6.07) is 18.1. The Morgan fingerprint density at radius 1 is 0.960 bits per heavy atom. The minimum absolute atomic E-state index is 0.121. The molecule has 0 fully saturated rings. The summed E-state index contributed by atoms with van der Waals surface area (Å²) >= 11 is 0. The highest BCUT2D eigenvalue weighted by molar-refractivity contribution is 6.02. The number of amides is 1. The Balaban J connectivity index is 1.87. The lowest BCUT2D eigenvalue weighted by atomic mass is 9.94. The molecule has 1 amide bonds. The van der Waals surface area contributed by atoms with E-state index in [0.29, 0.717) is 6.54 Å². The lowest BCUT2D eigenvalue weighted by molar-refractivity contribution is 0.0491. The van der Waals surface area contributed by atoms with E-state index >= 15 is 0 Å². The van der Waals surface area contributed by atoms with Gasteiger partial charge in [0.15, 0.2) is 0 Å². The predicted molar refractivity (Wildman–Crippen MR) is 104 cm³/mol. The molecule has 1 N–H and O–H groups in total. The van der Waals surface area contributed by atoms with Crippen LogP contribution in [0.4, 0.5) is 5.69 Å². The third kappa shape index (κ3) is 3.87. The molecule has 1 aliphatic rings. The Kier molecular flexibility index (Phi) is 5.42. The van der Waals surface area contributed by atoms with Gasteiger partial charge in [-0.3, -0.25) is 4.79 Å². The van der Waals surface area contributed by atoms with Crippen LogP contribution in [-0.2, 0) is 6.54 Å². The summed E-state index contributed by atoms with van der Waals surface area (Å²) in [5.74, 6) is 0.121. The van der Waals surface area contributed by atoms with Crippen molar-refractivity contribution in [2.24, 2.45) is 0 Å². The second-order valence-electron chi connectivity index (χ2n) is 7.13. The average Bonchev–Trinajstić information content (AvgIpc) is 2.63.